The number of thiazole rings is 1. The molecule has 0 aliphatic carbocycles. The second kappa shape index (κ2) is 10.5. The summed E-state index contributed by atoms with van der Waals surface area (Å²) in [6, 6.07) is 15.8. The van der Waals surface area contributed by atoms with Crippen LogP contribution in [0.15, 0.2) is 86.1 Å². The van der Waals surface area contributed by atoms with E-state index >= 15 is 0 Å². The maximum Gasteiger partial charge on any atom is 0.338 e. The van der Waals surface area contributed by atoms with Crippen molar-refractivity contribution in [2.24, 2.45) is 4.99 Å². The first-order valence-electron chi connectivity index (χ1n) is 12.0. The lowest BCUT2D eigenvalue weighted by molar-refractivity contribution is -0.384. The molecule has 0 fully saturated rings. The van der Waals surface area contributed by atoms with Crippen LogP contribution >= 0.6 is 11.3 Å². The zero-order valence-electron chi connectivity index (χ0n) is 21.2. The van der Waals surface area contributed by atoms with Crippen molar-refractivity contribution in [1.29, 1.82) is 0 Å². The molecule has 198 valence electrons. The predicted octanol–water partition coefficient (Wildman–Crippen LogP) is 3.98. The summed E-state index contributed by atoms with van der Waals surface area (Å²) in [7, 11) is 1.53. The van der Waals surface area contributed by atoms with Gasteiger partial charge in [-0.2, -0.15) is 0 Å². The summed E-state index contributed by atoms with van der Waals surface area (Å²) < 4.78 is 18.6. The van der Waals surface area contributed by atoms with Crippen molar-refractivity contribution in [3.05, 3.63) is 113 Å². The van der Waals surface area contributed by atoms with Crippen LogP contribution in [0.2, 0.25) is 0 Å². The quantitative estimate of drug-likeness (QED) is 0.195. The summed E-state index contributed by atoms with van der Waals surface area (Å²) in [5.41, 5.74) is 1.45. The van der Waals surface area contributed by atoms with E-state index in [0.717, 1.165) is 11.3 Å². The number of furan rings is 1. The van der Waals surface area contributed by atoms with Gasteiger partial charge in [0.25, 0.3) is 11.2 Å². The monoisotopic (exact) mass is 545 g/mol. The minimum Gasteiger partial charge on any atom is -0.496 e. The predicted molar refractivity (Wildman–Crippen MR) is 144 cm³/mol. The normalized spacial score (nSPS) is 15.1. The first-order valence-corrected chi connectivity index (χ1v) is 12.8. The number of allylic oxidation sites excluding steroid dienone is 1. The van der Waals surface area contributed by atoms with E-state index in [-0.39, 0.29) is 23.4 Å². The maximum absolute atomic E-state index is 13.8. The highest BCUT2D eigenvalue weighted by Gasteiger charge is 2.35. The number of hydrogen-bond donors (Lipinski definition) is 0. The number of hydrogen-bond acceptors (Lipinski definition) is 9. The zero-order chi connectivity index (χ0) is 27.7. The molecular formula is C28H23N3O7S. The molecule has 1 aliphatic rings. The van der Waals surface area contributed by atoms with E-state index in [2.05, 4.69) is 4.99 Å². The van der Waals surface area contributed by atoms with Gasteiger partial charge in [0, 0.05) is 29.3 Å². The van der Waals surface area contributed by atoms with Crippen LogP contribution in [0.25, 0.3) is 17.4 Å². The lowest BCUT2D eigenvalue weighted by atomic mass is 9.95. The fraction of sp³-hybridized carbons (Fsp3) is 0.179. The number of rotatable bonds is 7. The summed E-state index contributed by atoms with van der Waals surface area (Å²) in [6.07, 6.45) is 1.59. The van der Waals surface area contributed by atoms with Crippen molar-refractivity contribution in [3.63, 3.8) is 0 Å². The van der Waals surface area contributed by atoms with Crippen LogP contribution in [0.3, 0.4) is 0 Å². The summed E-state index contributed by atoms with van der Waals surface area (Å²) in [5, 5.41) is 11.1. The molecule has 0 unspecified atom stereocenters. The Labute approximate surface area is 225 Å². The van der Waals surface area contributed by atoms with Gasteiger partial charge in [0.2, 0.25) is 0 Å². The van der Waals surface area contributed by atoms with Gasteiger partial charge >= 0.3 is 5.97 Å². The molecule has 0 radical (unpaired) electrons. The Morgan fingerprint density at radius 1 is 1.21 bits per heavy atom. The van der Waals surface area contributed by atoms with Gasteiger partial charge < -0.3 is 13.9 Å². The number of methoxy groups -OCH3 is 1. The Hall–Kier alpha value is -4.77. The highest BCUT2D eigenvalue weighted by atomic mass is 32.1. The van der Waals surface area contributed by atoms with Crippen molar-refractivity contribution < 1.29 is 23.6 Å². The number of fused-ring (bicyclic) bond motifs is 1. The molecule has 4 aromatic rings. The van der Waals surface area contributed by atoms with Gasteiger partial charge in [0.05, 0.1) is 34.4 Å². The third-order valence-corrected chi connectivity index (χ3v) is 7.18. The summed E-state index contributed by atoms with van der Waals surface area (Å²) in [5.74, 6) is 0.764. The molecular weight excluding hydrogens is 522 g/mol. The Balaban J connectivity index is 1.64. The van der Waals surface area contributed by atoms with E-state index in [0.29, 0.717) is 43.4 Å². The van der Waals surface area contributed by atoms with Gasteiger partial charge in [-0.15, -0.1) is 0 Å². The smallest absolute Gasteiger partial charge is 0.338 e. The maximum atomic E-state index is 13.8. The number of nitrogens with zero attached hydrogens (tertiary/aromatic N) is 3. The van der Waals surface area contributed by atoms with Crippen LogP contribution in [0.4, 0.5) is 5.69 Å². The van der Waals surface area contributed by atoms with Crippen LogP contribution in [0.5, 0.6) is 5.75 Å². The molecule has 0 spiro atoms. The Bertz CT molecular complexity index is 1810. The molecule has 11 heteroatoms. The summed E-state index contributed by atoms with van der Waals surface area (Å²) in [6.45, 7) is 3.60. The fourth-order valence-electron chi connectivity index (χ4n) is 4.47. The standard InChI is InChI=1S/C28H23N3O7S/c1-4-37-27(33)24-16(2)29-28-30(25(24)20-10-5-6-11-22(20)36-3)26(32)23(39-28)15-19-12-13-21(38-19)17-8-7-9-18(14-17)31(34)35/h5-15,25H,4H2,1-3H3/b23-15-/t25-/m0/s1. The molecule has 1 aliphatic heterocycles. The van der Waals surface area contributed by atoms with E-state index in [1.54, 1.807) is 56.3 Å². The molecule has 10 nitrogen and oxygen atoms in total. The van der Waals surface area contributed by atoms with E-state index in [9.17, 15) is 19.7 Å². The number of benzene rings is 2. The molecule has 2 aromatic carbocycles. The van der Waals surface area contributed by atoms with Crippen LogP contribution in [0.1, 0.15) is 31.2 Å². The van der Waals surface area contributed by atoms with Crippen molar-refractivity contribution in [2.75, 3.05) is 13.7 Å². The van der Waals surface area contributed by atoms with Crippen molar-refractivity contribution in [1.82, 2.24) is 4.57 Å². The topological polar surface area (TPSA) is 126 Å². The fourth-order valence-corrected chi connectivity index (χ4v) is 5.49. The second-order valence-electron chi connectivity index (χ2n) is 8.55. The minimum atomic E-state index is -0.810. The van der Waals surface area contributed by atoms with E-state index in [1.165, 1.54) is 23.8 Å². The molecule has 0 bridgehead atoms. The van der Waals surface area contributed by atoms with Gasteiger partial charge in [0.1, 0.15) is 23.3 Å². The number of carbonyl (C=O) groups is 1. The molecule has 0 saturated carbocycles. The molecule has 0 amide bonds. The highest BCUT2D eigenvalue weighted by Crippen LogP contribution is 2.35. The van der Waals surface area contributed by atoms with Crippen LogP contribution in [-0.4, -0.2) is 29.2 Å². The Kier molecular flexibility index (Phi) is 6.99. The number of aromatic nitrogens is 1. The molecule has 0 N–H and O–H groups in total. The van der Waals surface area contributed by atoms with Crippen LogP contribution < -0.4 is 19.6 Å². The molecule has 3 heterocycles. The molecule has 2 aromatic heterocycles. The van der Waals surface area contributed by atoms with Gasteiger partial charge in [0.15, 0.2) is 4.80 Å². The van der Waals surface area contributed by atoms with Crippen LogP contribution in [0, 0.1) is 10.1 Å². The van der Waals surface area contributed by atoms with Gasteiger partial charge in [-0.25, -0.2) is 9.79 Å². The lowest BCUT2D eigenvalue weighted by Gasteiger charge is -2.25. The van der Waals surface area contributed by atoms with E-state index in [1.807, 2.05) is 12.1 Å². The van der Waals surface area contributed by atoms with Gasteiger partial charge in [-0.3, -0.25) is 19.5 Å². The number of non-ortho nitro benzene ring substituents is 1. The first kappa shape index (κ1) is 25.9. The number of nitro groups is 1. The SMILES string of the molecule is CCOC(=O)C1=C(C)N=c2s/c(=C\c3ccc(-c4cccc([N+](=O)[O-])c4)o3)c(=O)n2[C@H]1c1ccccc1OC. The summed E-state index contributed by atoms with van der Waals surface area (Å²) in [4.78, 5) is 42.5. The van der Waals surface area contributed by atoms with Crippen LogP contribution in [-0.2, 0) is 9.53 Å². The largest absolute Gasteiger partial charge is 0.496 e. The molecule has 1 atom stereocenters. The van der Waals surface area contributed by atoms with E-state index < -0.39 is 16.9 Å². The number of para-hydroxylation sites is 1. The zero-order valence-corrected chi connectivity index (χ0v) is 22.1. The van der Waals surface area contributed by atoms with Crippen molar-refractivity contribution in [3.8, 4) is 17.1 Å². The third-order valence-electron chi connectivity index (χ3n) is 6.19. The molecule has 5 rings (SSSR count). The third kappa shape index (κ3) is 4.79. The number of ether oxygens (including phenoxy) is 2. The first-order chi connectivity index (χ1) is 18.8. The number of nitro benzene ring substituents is 1. The van der Waals surface area contributed by atoms with Gasteiger partial charge in [-0.05, 0) is 32.0 Å². The number of carbonyl (C=O) groups excluding carboxylic acids is 1. The lowest BCUT2D eigenvalue weighted by Crippen LogP contribution is -2.40. The Morgan fingerprint density at radius 3 is 2.74 bits per heavy atom. The van der Waals surface area contributed by atoms with Crippen molar-refractivity contribution >= 4 is 29.1 Å². The Morgan fingerprint density at radius 2 is 2.00 bits per heavy atom. The van der Waals surface area contributed by atoms with Gasteiger partial charge in [-0.1, -0.05) is 41.7 Å². The summed E-state index contributed by atoms with van der Waals surface area (Å²) >= 11 is 1.16. The molecule has 39 heavy (non-hydrogen) atoms. The number of esters is 1. The molecule has 0 saturated heterocycles. The minimum absolute atomic E-state index is 0.0529. The van der Waals surface area contributed by atoms with E-state index in [4.69, 9.17) is 13.9 Å². The average molecular weight is 546 g/mol. The van der Waals surface area contributed by atoms with Crippen molar-refractivity contribution in [2.45, 2.75) is 19.9 Å². The highest BCUT2D eigenvalue weighted by molar-refractivity contribution is 7.07. The second-order valence-corrected chi connectivity index (χ2v) is 9.56. The average Bonchev–Trinajstić information content (AvgIpc) is 3.52.